The van der Waals surface area contributed by atoms with Crippen molar-refractivity contribution >= 4 is 11.9 Å². The quantitative estimate of drug-likeness (QED) is 0.726. The molecule has 8 heteroatoms. The molecule has 0 atom stereocenters. The summed E-state index contributed by atoms with van der Waals surface area (Å²) in [5, 5.41) is 0. The van der Waals surface area contributed by atoms with Crippen molar-refractivity contribution in [3.63, 3.8) is 0 Å². The second-order valence-corrected chi connectivity index (χ2v) is 4.25. The van der Waals surface area contributed by atoms with Crippen molar-refractivity contribution in [2.24, 2.45) is 0 Å². The van der Waals surface area contributed by atoms with Gasteiger partial charge in [-0.1, -0.05) is 0 Å². The van der Waals surface area contributed by atoms with Crippen LogP contribution in [0.4, 0.5) is 13.2 Å². The molecule has 1 amide bonds. The van der Waals surface area contributed by atoms with Gasteiger partial charge in [0, 0.05) is 6.42 Å². The van der Waals surface area contributed by atoms with Crippen LogP contribution in [0.15, 0.2) is 22.8 Å². The largest absolute Gasteiger partial charge is 0.467 e. The van der Waals surface area contributed by atoms with Gasteiger partial charge in [0.15, 0.2) is 0 Å². The zero-order valence-corrected chi connectivity index (χ0v) is 11.5. The Bertz CT molecular complexity index is 456. The molecule has 5 nitrogen and oxygen atoms in total. The lowest BCUT2D eigenvalue weighted by Crippen LogP contribution is -2.38. The average Bonchev–Trinajstić information content (AvgIpc) is 2.87. The van der Waals surface area contributed by atoms with Gasteiger partial charge in [-0.3, -0.25) is 9.59 Å². The Labute approximate surface area is 119 Å². The van der Waals surface area contributed by atoms with Crippen molar-refractivity contribution in [3.05, 3.63) is 24.2 Å². The zero-order chi connectivity index (χ0) is 15.9. The molecule has 0 saturated carbocycles. The SMILES string of the molecule is CCOC(=O)CCC(=O)N(Cc1ccco1)CC(F)(F)F. The van der Waals surface area contributed by atoms with E-state index in [4.69, 9.17) is 4.42 Å². The molecule has 21 heavy (non-hydrogen) atoms. The van der Waals surface area contributed by atoms with E-state index in [-0.39, 0.29) is 31.8 Å². The lowest BCUT2D eigenvalue weighted by Gasteiger charge is -2.22. The maximum Gasteiger partial charge on any atom is 0.406 e. The second kappa shape index (κ2) is 7.70. The highest BCUT2D eigenvalue weighted by atomic mass is 19.4. The van der Waals surface area contributed by atoms with E-state index in [2.05, 4.69) is 4.74 Å². The van der Waals surface area contributed by atoms with Crippen LogP contribution < -0.4 is 0 Å². The second-order valence-electron chi connectivity index (χ2n) is 4.25. The Hall–Kier alpha value is -1.99. The number of esters is 1. The van der Waals surface area contributed by atoms with Crippen LogP contribution in [0.5, 0.6) is 0 Å². The van der Waals surface area contributed by atoms with Gasteiger partial charge in [0.1, 0.15) is 12.3 Å². The molecule has 0 unspecified atom stereocenters. The Balaban J connectivity index is 2.62. The van der Waals surface area contributed by atoms with E-state index in [1.807, 2.05) is 0 Å². The number of amides is 1. The number of carbonyl (C=O) groups excluding carboxylic acids is 2. The fraction of sp³-hybridized carbons (Fsp3) is 0.538. The summed E-state index contributed by atoms with van der Waals surface area (Å²) in [7, 11) is 0. The maximum atomic E-state index is 12.5. The van der Waals surface area contributed by atoms with Gasteiger partial charge in [-0.05, 0) is 19.1 Å². The first-order valence-electron chi connectivity index (χ1n) is 6.34. The number of alkyl halides is 3. The molecule has 0 aliphatic rings. The van der Waals surface area contributed by atoms with Crippen LogP contribution >= 0.6 is 0 Å². The van der Waals surface area contributed by atoms with Gasteiger partial charge in [0.2, 0.25) is 5.91 Å². The minimum Gasteiger partial charge on any atom is -0.467 e. The smallest absolute Gasteiger partial charge is 0.406 e. The lowest BCUT2D eigenvalue weighted by atomic mass is 10.2. The number of rotatable bonds is 7. The third-order valence-corrected chi connectivity index (χ3v) is 2.50. The number of hydrogen-bond donors (Lipinski definition) is 0. The molecule has 0 fully saturated rings. The molecule has 1 aromatic heterocycles. The van der Waals surface area contributed by atoms with Gasteiger partial charge < -0.3 is 14.1 Å². The van der Waals surface area contributed by atoms with E-state index < -0.39 is 24.6 Å². The highest BCUT2D eigenvalue weighted by Gasteiger charge is 2.33. The third-order valence-electron chi connectivity index (χ3n) is 2.50. The summed E-state index contributed by atoms with van der Waals surface area (Å²) >= 11 is 0. The van der Waals surface area contributed by atoms with E-state index in [0.29, 0.717) is 4.90 Å². The molecule has 0 radical (unpaired) electrons. The average molecular weight is 307 g/mol. The Kier molecular flexibility index (Phi) is 6.26. The molecule has 0 spiro atoms. The van der Waals surface area contributed by atoms with Crippen molar-refractivity contribution in [2.45, 2.75) is 32.5 Å². The van der Waals surface area contributed by atoms with Crippen LogP contribution in [0.1, 0.15) is 25.5 Å². The Morgan fingerprint density at radius 3 is 2.57 bits per heavy atom. The van der Waals surface area contributed by atoms with Crippen LogP contribution in [0.3, 0.4) is 0 Å². The van der Waals surface area contributed by atoms with Crippen molar-refractivity contribution in [1.29, 1.82) is 0 Å². The number of halogens is 3. The summed E-state index contributed by atoms with van der Waals surface area (Å²) in [6.07, 6.45) is -3.80. The van der Waals surface area contributed by atoms with Gasteiger partial charge in [0.25, 0.3) is 0 Å². The molecule has 0 aliphatic carbocycles. The Morgan fingerprint density at radius 1 is 1.33 bits per heavy atom. The summed E-state index contributed by atoms with van der Waals surface area (Å²) < 4.78 is 47.1. The van der Waals surface area contributed by atoms with Gasteiger partial charge in [-0.2, -0.15) is 13.2 Å². The van der Waals surface area contributed by atoms with E-state index in [1.54, 1.807) is 6.92 Å². The highest BCUT2D eigenvalue weighted by Crippen LogP contribution is 2.19. The van der Waals surface area contributed by atoms with Crippen LogP contribution in [0.2, 0.25) is 0 Å². The minimum absolute atomic E-state index is 0.158. The van der Waals surface area contributed by atoms with Crippen LogP contribution in [0, 0.1) is 0 Å². The molecule has 1 heterocycles. The number of ether oxygens (including phenoxy) is 1. The molecular formula is C13H16F3NO4. The van der Waals surface area contributed by atoms with Crippen LogP contribution in [-0.2, 0) is 20.9 Å². The first-order chi connectivity index (χ1) is 9.81. The van der Waals surface area contributed by atoms with Gasteiger partial charge in [0.05, 0.1) is 25.8 Å². The molecule has 118 valence electrons. The van der Waals surface area contributed by atoms with Gasteiger partial charge >= 0.3 is 12.1 Å². The standard InChI is InChI=1S/C13H16F3NO4/c1-2-20-12(19)6-5-11(18)17(9-13(14,15)16)8-10-4-3-7-21-10/h3-4,7H,2,5-6,8-9H2,1H3. The number of nitrogens with zero attached hydrogens (tertiary/aromatic N) is 1. The predicted octanol–water partition coefficient (Wildman–Crippen LogP) is 2.51. The first-order valence-corrected chi connectivity index (χ1v) is 6.34. The molecule has 1 rings (SSSR count). The van der Waals surface area contributed by atoms with E-state index >= 15 is 0 Å². The van der Waals surface area contributed by atoms with Gasteiger partial charge in [-0.25, -0.2) is 0 Å². The van der Waals surface area contributed by atoms with E-state index in [9.17, 15) is 22.8 Å². The van der Waals surface area contributed by atoms with E-state index in [1.165, 1.54) is 18.4 Å². The summed E-state index contributed by atoms with van der Waals surface area (Å²) in [5.74, 6) is -1.16. The predicted molar refractivity (Wildman–Crippen MR) is 66.0 cm³/mol. The van der Waals surface area contributed by atoms with Crippen LogP contribution in [-0.4, -0.2) is 36.1 Å². The summed E-state index contributed by atoms with van der Waals surface area (Å²) in [5.41, 5.74) is 0. The summed E-state index contributed by atoms with van der Waals surface area (Å²) in [6, 6.07) is 2.99. The van der Waals surface area contributed by atoms with Crippen LogP contribution in [0.25, 0.3) is 0 Å². The normalized spacial score (nSPS) is 11.2. The summed E-state index contributed by atoms with van der Waals surface area (Å²) in [6.45, 7) is 0.0712. The van der Waals surface area contributed by atoms with E-state index in [0.717, 1.165) is 0 Å². The Morgan fingerprint density at radius 2 is 2.05 bits per heavy atom. The van der Waals surface area contributed by atoms with Crippen molar-refractivity contribution in [1.82, 2.24) is 4.90 Å². The molecule has 0 aromatic carbocycles. The molecule has 1 aromatic rings. The number of furan rings is 1. The minimum atomic E-state index is -4.52. The monoisotopic (exact) mass is 307 g/mol. The first kappa shape index (κ1) is 17.1. The molecular weight excluding hydrogens is 291 g/mol. The lowest BCUT2D eigenvalue weighted by molar-refractivity contribution is -0.163. The van der Waals surface area contributed by atoms with Gasteiger partial charge in [-0.15, -0.1) is 0 Å². The highest BCUT2D eigenvalue weighted by molar-refractivity contribution is 5.81. The fourth-order valence-corrected chi connectivity index (χ4v) is 1.64. The van der Waals surface area contributed by atoms with Crippen molar-refractivity contribution in [3.8, 4) is 0 Å². The number of carbonyl (C=O) groups is 2. The molecule has 0 N–H and O–H groups in total. The zero-order valence-electron chi connectivity index (χ0n) is 11.5. The molecule has 0 bridgehead atoms. The molecule has 0 saturated heterocycles. The third kappa shape index (κ3) is 6.82. The molecule has 0 aliphatic heterocycles. The van der Waals surface area contributed by atoms with Crippen molar-refractivity contribution < 1.29 is 31.9 Å². The maximum absolute atomic E-state index is 12.5. The van der Waals surface area contributed by atoms with Crippen molar-refractivity contribution in [2.75, 3.05) is 13.2 Å². The fourth-order valence-electron chi connectivity index (χ4n) is 1.64. The summed E-state index contributed by atoms with van der Waals surface area (Å²) in [4.78, 5) is 23.6. The topological polar surface area (TPSA) is 59.8 Å². The number of hydrogen-bond acceptors (Lipinski definition) is 4.